The fourth-order valence-corrected chi connectivity index (χ4v) is 1.65. The Morgan fingerprint density at radius 2 is 2.18 bits per heavy atom. The molecule has 0 radical (unpaired) electrons. The number of nitrogen functional groups attached to an aromatic ring is 1. The molecular formula is C11H14N4O2. The zero-order valence-electron chi connectivity index (χ0n) is 9.59. The van der Waals surface area contributed by atoms with E-state index in [4.69, 9.17) is 5.73 Å². The van der Waals surface area contributed by atoms with Crippen molar-refractivity contribution in [2.45, 2.75) is 0 Å². The van der Waals surface area contributed by atoms with Crippen LogP contribution in [0.2, 0.25) is 0 Å². The number of rotatable bonds is 1. The van der Waals surface area contributed by atoms with Crippen LogP contribution in [0.5, 0.6) is 0 Å². The van der Waals surface area contributed by atoms with E-state index in [0.717, 1.165) is 0 Å². The van der Waals surface area contributed by atoms with Crippen molar-refractivity contribution in [2.75, 3.05) is 32.4 Å². The third-order valence-electron chi connectivity index (χ3n) is 2.78. The number of carbonyl (C=O) groups excluding carboxylic acids is 2. The maximum absolute atomic E-state index is 12.0. The second kappa shape index (κ2) is 4.40. The lowest BCUT2D eigenvalue weighted by molar-refractivity contribution is -0.133. The Labute approximate surface area is 99.0 Å². The molecule has 2 N–H and O–H groups in total. The van der Waals surface area contributed by atoms with Crippen LogP contribution in [0.1, 0.15) is 10.4 Å². The van der Waals surface area contributed by atoms with Crippen LogP contribution in [0.3, 0.4) is 0 Å². The lowest BCUT2D eigenvalue weighted by Gasteiger charge is -2.31. The van der Waals surface area contributed by atoms with Gasteiger partial charge in [-0.3, -0.25) is 9.59 Å². The summed E-state index contributed by atoms with van der Waals surface area (Å²) in [5, 5.41) is 0. The van der Waals surface area contributed by atoms with E-state index in [2.05, 4.69) is 4.98 Å². The zero-order valence-corrected chi connectivity index (χ0v) is 9.59. The first-order valence-electron chi connectivity index (χ1n) is 5.32. The molecule has 0 spiro atoms. The third-order valence-corrected chi connectivity index (χ3v) is 2.78. The number of pyridine rings is 1. The van der Waals surface area contributed by atoms with Crippen LogP contribution in [0, 0.1) is 0 Å². The monoisotopic (exact) mass is 234 g/mol. The minimum Gasteiger partial charge on any atom is -0.384 e. The molecule has 0 bridgehead atoms. The standard InChI is InChI=1S/C11H14N4O2/c1-14-4-5-15(7-10(14)16)11(17)8-2-3-9(12)13-6-8/h2-3,6H,4-5,7H2,1H3,(H2,12,13). The van der Waals surface area contributed by atoms with Gasteiger partial charge in [0.05, 0.1) is 5.56 Å². The molecule has 6 nitrogen and oxygen atoms in total. The highest BCUT2D eigenvalue weighted by atomic mass is 16.2. The van der Waals surface area contributed by atoms with E-state index in [0.29, 0.717) is 24.5 Å². The fraction of sp³-hybridized carbons (Fsp3) is 0.364. The molecule has 2 rings (SSSR count). The van der Waals surface area contributed by atoms with Gasteiger partial charge in [-0.05, 0) is 12.1 Å². The number of aromatic nitrogens is 1. The summed E-state index contributed by atoms with van der Waals surface area (Å²) in [5.41, 5.74) is 5.90. The molecule has 1 saturated heterocycles. The number of hydrogen-bond donors (Lipinski definition) is 1. The number of nitrogens with zero attached hydrogens (tertiary/aromatic N) is 3. The van der Waals surface area contributed by atoms with Crippen molar-refractivity contribution in [1.29, 1.82) is 0 Å². The number of carbonyl (C=O) groups is 2. The molecule has 1 aromatic rings. The highest BCUT2D eigenvalue weighted by molar-refractivity contribution is 5.96. The predicted molar refractivity (Wildman–Crippen MR) is 62.2 cm³/mol. The van der Waals surface area contributed by atoms with Gasteiger partial charge in [0.2, 0.25) is 5.91 Å². The molecule has 1 aromatic heterocycles. The van der Waals surface area contributed by atoms with Crippen molar-refractivity contribution in [3.8, 4) is 0 Å². The highest BCUT2D eigenvalue weighted by Crippen LogP contribution is 2.09. The van der Waals surface area contributed by atoms with Crippen LogP contribution in [-0.2, 0) is 4.79 Å². The minimum absolute atomic E-state index is 0.0481. The van der Waals surface area contributed by atoms with Crippen molar-refractivity contribution in [3.05, 3.63) is 23.9 Å². The van der Waals surface area contributed by atoms with Crippen molar-refractivity contribution >= 4 is 17.6 Å². The number of nitrogens with two attached hydrogens (primary N) is 1. The second-order valence-electron chi connectivity index (χ2n) is 4.01. The molecule has 1 fully saturated rings. The summed E-state index contributed by atoms with van der Waals surface area (Å²) >= 11 is 0. The van der Waals surface area contributed by atoms with Crippen LogP contribution < -0.4 is 5.73 Å². The Hall–Kier alpha value is -2.11. The van der Waals surface area contributed by atoms with Crippen LogP contribution in [0.15, 0.2) is 18.3 Å². The number of likely N-dealkylation sites (N-methyl/N-ethyl adjacent to an activating group) is 1. The average Bonchev–Trinajstić information content (AvgIpc) is 2.33. The van der Waals surface area contributed by atoms with E-state index in [1.54, 1.807) is 24.1 Å². The molecule has 0 aromatic carbocycles. The summed E-state index contributed by atoms with van der Waals surface area (Å²) in [6.07, 6.45) is 1.43. The molecule has 2 amide bonds. The lowest BCUT2D eigenvalue weighted by Crippen LogP contribution is -2.50. The summed E-state index contributed by atoms with van der Waals surface area (Å²) in [5.74, 6) is 0.142. The van der Waals surface area contributed by atoms with E-state index in [9.17, 15) is 9.59 Å². The van der Waals surface area contributed by atoms with Gasteiger partial charge in [-0.2, -0.15) is 0 Å². The van der Waals surface area contributed by atoms with E-state index in [1.165, 1.54) is 11.1 Å². The summed E-state index contributed by atoms with van der Waals surface area (Å²) in [6.45, 7) is 1.23. The first kappa shape index (κ1) is 11.4. The molecule has 90 valence electrons. The van der Waals surface area contributed by atoms with Gasteiger partial charge < -0.3 is 15.5 Å². The molecule has 2 heterocycles. The van der Waals surface area contributed by atoms with E-state index in [1.807, 2.05) is 0 Å². The van der Waals surface area contributed by atoms with Crippen molar-refractivity contribution in [2.24, 2.45) is 0 Å². The molecule has 0 aliphatic carbocycles. The fourth-order valence-electron chi connectivity index (χ4n) is 1.65. The highest BCUT2D eigenvalue weighted by Gasteiger charge is 2.25. The third kappa shape index (κ3) is 2.35. The first-order chi connectivity index (χ1) is 8.08. The van der Waals surface area contributed by atoms with E-state index < -0.39 is 0 Å². The molecule has 17 heavy (non-hydrogen) atoms. The van der Waals surface area contributed by atoms with Gasteiger partial charge in [0.1, 0.15) is 12.4 Å². The normalized spacial score (nSPS) is 16.2. The molecule has 1 aliphatic heterocycles. The van der Waals surface area contributed by atoms with Gasteiger partial charge in [0.15, 0.2) is 0 Å². The smallest absolute Gasteiger partial charge is 0.255 e. The molecule has 0 unspecified atom stereocenters. The van der Waals surface area contributed by atoms with E-state index >= 15 is 0 Å². The number of hydrogen-bond acceptors (Lipinski definition) is 4. The van der Waals surface area contributed by atoms with Gasteiger partial charge in [-0.25, -0.2) is 4.98 Å². The SMILES string of the molecule is CN1CCN(C(=O)c2ccc(N)nc2)CC1=O. The molecular weight excluding hydrogens is 220 g/mol. The van der Waals surface area contributed by atoms with Gasteiger partial charge in [0, 0.05) is 26.3 Å². The van der Waals surface area contributed by atoms with Crippen LogP contribution in [-0.4, -0.2) is 53.3 Å². The Bertz CT molecular complexity index is 443. The Kier molecular flexibility index (Phi) is 2.95. The number of piperazine rings is 1. The topological polar surface area (TPSA) is 79.5 Å². The predicted octanol–water partition coefficient (Wildman–Crippen LogP) is -0.422. The van der Waals surface area contributed by atoms with Crippen LogP contribution >= 0.6 is 0 Å². The van der Waals surface area contributed by atoms with Crippen molar-refractivity contribution in [1.82, 2.24) is 14.8 Å². The maximum atomic E-state index is 12.0. The van der Waals surface area contributed by atoms with Crippen LogP contribution in [0.4, 0.5) is 5.82 Å². The molecule has 0 saturated carbocycles. The summed E-state index contributed by atoms with van der Waals surface area (Å²) in [7, 11) is 1.73. The number of amides is 2. The van der Waals surface area contributed by atoms with Gasteiger partial charge in [-0.1, -0.05) is 0 Å². The van der Waals surface area contributed by atoms with Gasteiger partial charge in [-0.15, -0.1) is 0 Å². The van der Waals surface area contributed by atoms with Crippen LogP contribution in [0.25, 0.3) is 0 Å². The van der Waals surface area contributed by atoms with Gasteiger partial charge in [0.25, 0.3) is 5.91 Å². The summed E-state index contributed by atoms with van der Waals surface area (Å²) in [6, 6.07) is 3.19. The minimum atomic E-state index is -0.182. The molecule has 1 aliphatic rings. The van der Waals surface area contributed by atoms with Crippen molar-refractivity contribution in [3.63, 3.8) is 0 Å². The quantitative estimate of drug-likeness (QED) is 0.715. The zero-order chi connectivity index (χ0) is 12.4. The Morgan fingerprint density at radius 1 is 1.41 bits per heavy atom. The Balaban J connectivity index is 2.10. The average molecular weight is 234 g/mol. The summed E-state index contributed by atoms with van der Waals surface area (Å²) < 4.78 is 0. The van der Waals surface area contributed by atoms with Crippen molar-refractivity contribution < 1.29 is 9.59 Å². The van der Waals surface area contributed by atoms with Gasteiger partial charge >= 0.3 is 0 Å². The largest absolute Gasteiger partial charge is 0.384 e. The second-order valence-corrected chi connectivity index (χ2v) is 4.01. The first-order valence-corrected chi connectivity index (χ1v) is 5.32. The Morgan fingerprint density at radius 3 is 2.76 bits per heavy atom. The van der Waals surface area contributed by atoms with E-state index in [-0.39, 0.29) is 18.4 Å². The summed E-state index contributed by atoms with van der Waals surface area (Å²) in [4.78, 5) is 30.5. The molecule has 6 heteroatoms. The lowest BCUT2D eigenvalue weighted by atomic mass is 10.2. The molecule has 0 atom stereocenters. The maximum Gasteiger partial charge on any atom is 0.255 e. The number of anilines is 1.